The number of phosphoric acid groups is 1. The summed E-state index contributed by atoms with van der Waals surface area (Å²) in [5.74, 6) is 0.0584. The summed E-state index contributed by atoms with van der Waals surface area (Å²) in [6.07, 6.45) is 0. The normalized spacial score (nSPS) is 12.0. The second kappa shape index (κ2) is 6.97. The molecule has 0 bridgehead atoms. The lowest BCUT2D eigenvalue weighted by molar-refractivity contribution is 0.188. The molecule has 9 heteroatoms. The highest BCUT2D eigenvalue weighted by molar-refractivity contribution is 7.46. The molecule has 0 aliphatic heterocycles. The highest BCUT2D eigenvalue weighted by Gasteiger charge is 2.20. The van der Waals surface area contributed by atoms with Crippen molar-refractivity contribution in [1.82, 2.24) is 4.98 Å². The molecule has 2 rings (SSSR count). The molecular weight excluding hydrogens is 321 g/mol. The molecule has 0 amide bonds. The van der Waals surface area contributed by atoms with Crippen molar-refractivity contribution in [1.29, 1.82) is 0 Å². The number of aromatic nitrogens is 1. The zero-order valence-electron chi connectivity index (χ0n) is 12.5. The van der Waals surface area contributed by atoms with E-state index in [4.69, 9.17) is 9.79 Å². The van der Waals surface area contributed by atoms with Crippen LogP contribution in [0.3, 0.4) is 0 Å². The van der Waals surface area contributed by atoms with E-state index in [2.05, 4.69) is 19.7 Å². The number of azo groups is 1. The summed E-state index contributed by atoms with van der Waals surface area (Å²) in [5.41, 5.74) is 1.58. The number of benzene rings is 1. The van der Waals surface area contributed by atoms with Crippen LogP contribution in [0.4, 0.5) is 11.5 Å². The summed E-state index contributed by atoms with van der Waals surface area (Å²) in [4.78, 5) is 21.8. The van der Waals surface area contributed by atoms with Gasteiger partial charge in [0.05, 0.1) is 18.0 Å². The van der Waals surface area contributed by atoms with Crippen LogP contribution in [0.25, 0.3) is 0 Å². The predicted octanol–water partition coefficient (Wildman–Crippen LogP) is 3.43. The highest BCUT2D eigenvalue weighted by Crippen LogP contribution is 2.40. The molecule has 0 spiro atoms. The van der Waals surface area contributed by atoms with Crippen LogP contribution in [0, 0.1) is 13.8 Å². The van der Waals surface area contributed by atoms with Gasteiger partial charge in [0.1, 0.15) is 5.75 Å². The lowest BCUT2D eigenvalue weighted by Gasteiger charge is -2.12. The third-order valence-electron chi connectivity index (χ3n) is 3.09. The van der Waals surface area contributed by atoms with Crippen molar-refractivity contribution >= 4 is 19.3 Å². The highest BCUT2D eigenvalue weighted by atomic mass is 31.2. The quantitative estimate of drug-likeness (QED) is 0.567. The SMILES string of the molecule is Cc1nc(N=Nc2ccccc2)c(COP(=O)(O)O)c(C)c1O. The van der Waals surface area contributed by atoms with Crippen LogP contribution in [0.1, 0.15) is 16.8 Å². The number of rotatable bonds is 5. The third kappa shape index (κ3) is 4.67. The lowest BCUT2D eigenvalue weighted by atomic mass is 10.1. The minimum atomic E-state index is -4.66. The van der Waals surface area contributed by atoms with E-state index in [1.54, 1.807) is 38.1 Å². The van der Waals surface area contributed by atoms with E-state index in [0.717, 1.165) is 0 Å². The van der Waals surface area contributed by atoms with Gasteiger partial charge in [0.25, 0.3) is 0 Å². The first kappa shape index (κ1) is 17.2. The van der Waals surface area contributed by atoms with Crippen molar-refractivity contribution < 1.29 is 24.0 Å². The Morgan fingerprint density at radius 3 is 2.43 bits per heavy atom. The Kier molecular flexibility index (Phi) is 5.23. The maximum absolute atomic E-state index is 10.9. The van der Waals surface area contributed by atoms with E-state index in [-0.39, 0.29) is 17.1 Å². The lowest BCUT2D eigenvalue weighted by Crippen LogP contribution is -1.99. The number of aromatic hydroxyl groups is 1. The smallest absolute Gasteiger partial charge is 0.469 e. The molecule has 0 unspecified atom stereocenters. The van der Waals surface area contributed by atoms with E-state index in [1.165, 1.54) is 0 Å². The van der Waals surface area contributed by atoms with Gasteiger partial charge in [-0.15, -0.1) is 10.2 Å². The van der Waals surface area contributed by atoms with Crippen molar-refractivity contribution in [2.24, 2.45) is 10.2 Å². The van der Waals surface area contributed by atoms with Gasteiger partial charge in [0.2, 0.25) is 0 Å². The predicted molar refractivity (Wildman–Crippen MR) is 82.8 cm³/mol. The molecule has 0 aliphatic carbocycles. The Labute approximate surface area is 132 Å². The van der Waals surface area contributed by atoms with Crippen molar-refractivity contribution in [3.63, 3.8) is 0 Å². The fourth-order valence-electron chi connectivity index (χ4n) is 1.87. The van der Waals surface area contributed by atoms with Gasteiger partial charge in [0.15, 0.2) is 5.82 Å². The minimum Gasteiger partial charge on any atom is -0.506 e. The van der Waals surface area contributed by atoms with Crippen LogP contribution in [-0.4, -0.2) is 19.9 Å². The van der Waals surface area contributed by atoms with Crippen LogP contribution in [-0.2, 0) is 15.7 Å². The number of hydrogen-bond acceptors (Lipinski definition) is 6. The Morgan fingerprint density at radius 2 is 1.83 bits per heavy atom. The molecule has 0 fully saturated rings. The molecule has 1 aromatic heterocycles. The molecule has 0 saturated carbocycles. The molecule has 1 aromatic carbocycles. The van der Waals surface area contributed by atoms with Gasteiger partial charge in [-0.1, -0.05) is 18.2 Å². The number of hydrogen-bond donors (Lipinski definition) is 3. The van der Waals surface area contributed by atoms with Gasteiger partial charge < -0.3 is 14.9 Å². The van der Waals surface area contributed by atoms with Gasteiger partial charge in [-0.2, -0.15) is 0 Å². The summed E-state index contributed by atoms with van der Waals surface area (Å²) < 4.78 is 15.4. The Hall–Kier alpha value is -2.12. The van der Waals surface area contributed by atoms with E-state index in [0.29, 0.717) is 16.9 Å². The Bertz CT molecular complexity index is 774. The molecule has 0 saturated heterocycles. The number of phosphoric ester groups is 1. The summed E-state index contributed by atoms with van der Waals surface area (Å²) in [7, 11) is -4.66. The van der Waals surface area contributed by atoms with Crippen molar-refractivity contribution in [2.75, 3.05) is 0 Å². The first-order valence-electron chi connectivity index (χ1n) is 6.64. The van der Waals surface area contributed by atoms with Gasteiger partial charge in [0, 0.05) is 11.1 Å². The molecule has 2 aromatic rings. The summed E-state index contributed by atoms with van der Waals surface area (Å²) in [6.45, 7) is 2.74. The number of pyridine rings is 1. The maximum Gasteiger partial charge on any atom is 0.469 e. The molecule has 3 N–H and O–H groups in total. The molecule has 0 aliphatic rings. The van der Waals surface area contributed by atoms with E-state index in [9.17, 15) is 9.67 Å². The fourth-order valence-corrected chi connectivity index (χ4v) is 2.16. The molecular formula is C14H16N3O5P. The molecule has 0 radical (unpaired) electrons. The third-order valence-corrected chi connectivity index (χ3v) is 3.55. The van der Waals surface area contributed by atoms with E-state index >= 15 is 0 Å². The van der Waals surface area contributed by atoms with Crippen LogP contribution >= 0.6 is 7.82 Å². The van der Waals surface area contributed by atoms with Crippen LogP contribution in [0.2, 0.25) is 0 Å². The van der Waals surface area contributed by atoms with Crippen LogP contribution < -0.4 is 0 Å². The van der Waals surface area contributed by atoms with Crippen LogP contribution in [0.15, 0.2) is 40.6 Å². The summed E-state index contributed by atoms with van der Waals surface area (Å²) in [6, 6.07) is 8.93. The molecule has 122 valence electrons. The Balaban J connectivity index is 2.40. The second-order valence-corrected chi connectivity index (χ2v) is 6.01. The van der Waals surface area contributed by atoms with Crippen molar-refractivity contribution in [3.05, 3.63) is 47.2 Å². The minimum absolute atomic E-state index is 0.0760. The van der Waals surface area contributed by atoms with Gasteiger partial charge in [-0.05, 0) is 26.0 Å². The molecule has 1 heterocycles. The van der Waals surface area contributed by atoms with Gasteiger partial charge >= 0.3 is 7.82 Å². The number of aryl methyl sites for hydroxylation is 1. The monoisotopic (exact) mass is 337 g/mol. The summed E-state index contributed by atoms with van der Waals surface area (Å²) >= 11 is 0. The fraction of sp³-hybridized carbons (Fsp3) is 0.214. The average Bonchev–Trinajstić information content (AvgIpc) is 2.50. The van der Waals surface area contributed by atoms with Gasteiger partial charge in [-0.3, -0.25) is 4.52 Å². The molecule has 8 nitrogen and oxygen atoms in total. The van der Waals surface area contributed by atoms with Crippen molar-refractivity contribution in [2.45, 2.75) is 20.5 Å². The average molecular weight is 337 g/mol. The standard InChI is InChI=1S/C14H16N3O5P/c1-9-12(8-22-23(19,20)21)14(15-10(2)13(9)18)17-16-11-6-4-3-5-7-11/h3-7,18H,8H2,1-2H3,(H2,19,20,21). The molecule has 23 heavy (non-hydrogen) atoms. The van der Waals surface area contributed by atoms with Crippen molar-refractivity contribution in [3.8, 4) is 5.75 Å². The zero-order chi connectivity index (χ0) is 17.0. The van der Waals surface area contributed by atoms with E-state index in [1.807, 2.05) is 6.07 Å². The van der Waals surface area contributed by atoms with Gasteiger partial charge in [-0.25, -0.2) is 9.55 Å². The largest absolute Gasteiger partial charge is 0.506 e. The zero-order valence-corrected chi connectivity index (χ0v) is 13.4. The Morgan fingerprint density at radius 1 is 1.17 bits per heavy atom. The van der Waals surface area contributed by atoms with Crippen LogP contribution in [0.5, 0.6) is 5.75 Å². The topological polar surface area (TPSA) is 125 Å². The first-order chi connectivity index (χ1) is 10.8. The number of nitrogens with zero attached hydrogens (tertiary/aromatic N) is 3. The van der Waals surface area contributed by atoms with E-state index < -0.39 is 14.4 Å². The first-order valence-corrected chi connectivity index (χ1v) is 8.17. The molecule has 0 atom stereocenters. The summed E-state index contributed by atoms with van der Waals surface area (Å²) in [5, 5.41) is 18.0. The maximum atomic E-state index is 10.9. The second-order valence-electron chi connectivity index (χ2n) is 4.77.